The van der Waals surface area contributed by atoms with E-state index in [1.165, 1.54) is 6.07 Å². The molecule has 0 saturated carbocycles. The number of amides is 1. The average Bonchev–Trinajstić information content (AvgIpc) is 2.89. The minimum atomic E-state index is -3.97. The predicted molar refractivity (Wildman–Crippen MR) is 143 cm³/mol. The Bertz CT molecular complexity index is 1300. The Hall–Kier alpha value is -3.56. The van der Waals surface area contributed by atoms with Crippen LogP contribution < -0.4 is 24.2 Å². The summed E-state index contributed by atoms with van der Waals surface area (Å²) >= 11 is 0. The van der Waals surface area contributed by atoms with E-state index in [1.54, 1.807) is 39.3 Å². The monoisotopic (exact) mass is 526 g/mol. The summed E-state index contributed by atoms with van der Waals surface area (Å²) in [6.45, 7) is 4.45. The average molecular weight is 527 g/mol. The molecule has 0 aromatic heterocycles. The molecule has 0 heterocycles. The maximum atomic E-state index is 13.2. The minimum absolute atomic E-state index is 0.0737. The molecule has 3 aromatic rings. The predicted octanol–water partition coefficient (Wildman–Crippen LogP) is 3.66. The molecule has 1 amide bonds. The van der Waals surface area contributed by atoms with Gasteiger partial charge in [0.15, 0.2) is 11.5 Å². The molecule has 9 heteroatoms. The molecule has 198 valence electrons. The fraction of sp³-hybridized carbons (Fsp3) is 0.321. The lowest BCUT2D eigenvalue weighted by molar-refractivity contribution is -0.122. The van der Waals surface area contributed by atoms with E-state index < -0.39 is 22.0 Å². The molecule has 0 bridgehead atoms. The molecule has 1 atom stereocenters. The first-order valence-electron chi connectivity index (χ1n) is 12.1. The van der Waals surface area contributed by atoms with Crippen LogP contribution in [0.5, 0.6) is 17.2 Å². The van der Waals surface area contributed by atoms with Gasteiger partial charge in [0.1, 0.15) is 11.8 Å². The Labute approximate surface area is 219 Å². The SMILES string of the molecule is CCOc1ccc(S(=O)(=O)N[C@@H](Cc2ccccc2)C(=O)NCCc2ccc(OC)c(OC)c2)cc1C. The number of benzene rings is 3. The molecule has 0 aliphatic rings. The van der Waals surface area contributed by atoms with Crippen molar-refractivity contribution >= 4 is 15.9 Å². The molecule has 0 aliphatic carbocycles. The molecule has 0 spiro atoms. The molecule has 2 N–H and O–H groups in total. The van der Waals surface area contributed by atoms with Crippen LogP contribution in [0.4, 0.5) is 0 Å². The van der Waals surface area contributed by atoms with Gasteiger partial charge in [0.2, 0.25) is 15.9 Å². The number of sulfonamides is 1. The zero-order valence-electron chi connectivity index (χ0n) is 21.6. The van der Waals surface area contributed by atoms with E-state index in [0.717, 1.165) is 11.1 Å². The Morgan fingerprint density at radius 1 is 0.892 bits per heavy atom. The van der Waals surface area contributed by atoms with Crippen molar-refractivity contribution in [3.63, 3.8) is 0 Å². The number of ether oxygens (including phenoxy) is 3. The smallest absolute Gasteiger partial charge is 0.241 e. The van der Waals surface area contributed by atoms with Crippen molar-refractivity contribution < 1.29 is 27.4 Å². The summed E-state index contributed by atoms with van der Waals surface area (Å²) in [5, 5.41) is 2.87. The standard InChI is InChI=1S/C28H34N2O6S/c1-5-36-25-14-12-23(17-20(25)2)37(32,33)30-24(18-21-9-7-6-8-10-21)28(31)29-16-15-22-11-13-26(34-3)27(19-22)35-4/h6-14,17,19,24,30H,5,15-16,18H2,1-4H3,(H,29,31)/t24-/m0/s1. The number of rotatable bonds is 13. The number of carbonyl (C=O) groups excluding carboxylic acids is 1. The van der Waals surface area contributed by atoms with Crippen LogP contribution in [0.25, 0.3) is 0 Å². The van der Waals surface area contributed by atoms with Crippen LogP contribution in [-0.2, 0) is 27.7 Å². The normalized spacial score (nSPS) is 12.0. The van der Waals surface area contributed by atoms with Crippen LogP contribution in [0.15, 0.2) is 71.6 Å². The lowest BCUT2D eigenvalue weighted by Crippen LogP contribution is -2.48. The van der Waals surface area contributed by atoms with Crippen LogP contribution >= 0.6 is 0 Å². The van der Waals surface area contributed by atoms with Gasteiger partial charge in [0.05, 0.1) is 25.7 Å². The number of hydrogen-bond acceptors (Lipinski definition) is 6. The first-order valence-corrected chi connectivity index (χ1v) is 13.5. The summed E-state index contributed by atoms with van der Waals surface area (Å²) in [4.78, 5) is 13.2. The van der Waals surface area contributed by atoms with Gasteiger partial charge < -0.3 is 19.5 Å². The molecule has 8 nitrogen and oxygen atoms in total. The van der Waals surface area contributed by atoms with Crippen molar-refractivity contribution in [3.05, 3.63) is 83.4 Å². The maximum absolute atomic E-state index is 13.2. The zero-order valence-corrected chi connectivity index (χ0v) is 22.4. The second kappa shape index (κ2) is 13.1. The highest BCUT2D eigenvalue weighted by molar-refractivity contribution is 7.89. The molecular formula is C28H34N2O6S. The Kier molecular flexibility index (Phi) is 9.93. The largest absolute Gasteiger partial charge is 0.494 e. The number of methoxy groups -OCH3 is 2. The summed E-state index contributed by atoms with van der Waals surface area (Å²) in [6.07, 6.45) is 0.743. The topological polar surface area (TPSA) is 103 Å². The first-order chi connectivity index (χ1) is 17.8. The Morgan fingerprint density at radius 2 is 1.59 bits per heavy atom. The summed E-state index contributed by atoms with van der Waals surface area (Å²) in [6, 6.07) is 18.5. The van der Waals surface area contributed by atoms with Crippen molar-refractivity contribution in [1.82, 2.24) is 10.0 Å². The second-order valence-electron chi connectivity index (χ2n) is 8.45. The third-order valence-electron chi connectivity index (χ3n) is 5.81. The van der Waals surface area contributed by atoms with E-state index in [-0.39, 0.29) is 11.3 Å². The van der Waals surface area contributed by atoms with Gasteiger partial charge >= 0.3 is 0 Å². The molecule has 3 rings (SSSR count). The van der Waals surface area contributed by atoms with Crippen molar-refractivity contribution in [1.29, 1.82) is 0 Å². The first kappa shape index (κ1) is 28.0. The van der Waals surface area contributed by atoms with E-state index in [4.69, 9.17) is 14.2 Å². The third-order valence-corrected chi connectivity index (χ3v) is 7.28. The molecule has 0 unspecified atom stereocenters. The quantitative estimate of drug-likeness (QED) is 0.352. The van der Waals surface area contributed by atoms with Crippen molar-refractivity contribution in [2.24, 2.45) is 0 Å². The van der Waals surface area contributed by atoms with Gasteiger partial charge in [-0.05, 0) is 73.7 Å². The van der Waals surface area contributed by atoms with E-state index in [9.17, 15) is 13.2 Å². The van der Waals surface area contributed by atoms with Gasteiger partial charge in [-0.3, -0.25) is 4.79 Å². The number of nitrogens with one attached hydrogen (secondary N) is 2. The van der Waals surface area contributed by atoms with Gasteiger partial charge in [-0.2, -0.15) is 4.72 Å². The van der Waals surface area contributed by atoms with E-state index in [0.29, 0.717) is 42.4 Å². The Morgan fingerprint density at radius 3 is 2.24 bits per heavy atom. The van der Waals surface area contributed by atoms with Crippen molar-refractivity contribution in [2.45, 2.75) is 37.6 Å². The number of aryl methyl sites for hydroxylation is 1. The highest BCUT2D eigenvalue weighted by atomic mass is 32.2. The third kappa shape index (κ3) is 7.71. The molecule has 0 saturated heterocycles. The highest BCUT2D eigenvalue weighted by Crippen LogP contribution is 2.27. The van der Waals surface area contributed by atoms with E-state index >= 15 is 0 Å². The lowest BCUT2D eigenvalue weighted by atomic mass is 10.1. The van der Waals surface area contributed by atoms with E-state index in [2.05, 4.69) is 10.0 Å². The van der Waals surface area contributed by atoms with Gasteiger partial charge in [0.25, 0.3) is 0 Å². The van der Waals surface area contributed by atoms with Crippen LogP contribution in [0, 0.1) is 6.92 Å². The van der Waals surface area contributed by atoms with E-state index in [1.807, 2.05) is 49.4 Å². The number of hydrogen-bond donors (Lipinski definition) is 2. The molecule has 0 fully saturated rings. The molecular weight excluding hydrogens is 492 g/mol. The van der Waals surface area contributed by atoms with Gasteiger partial charge in [-0.1, -0.05) is 36.4 Å². The molecule has 37 heavy (non-hydrogen) atoms. The zero-order chi connectivity index (χ0) is 26.8. The lowest BCUT2D eigenvalue weighted by Gasteiger charge is -2.19. The van der Waals surface area contributed by atoms with Crippen molar-refractivity contribution in [2.75, 3.05) is 27.4 Å². The molecule has 3 aromatic carbocycles. The molecule has 0 aliphatic heterocycles. The summed E-state index contributed by atoms with van der Waals surface area (Å²) in [7, 11) is -0.835. The Balaban J connectivity index is 1.74. The maximum Gasteiger partial charge on any atom is 0.241 e. The fourth-order valence-electron chi connectivity index (χ4n) is 3.89. The summed E-state index contributed by atoms with van der Waals surface area (Å²) in [5.74, 6) is 1.44. The van der Waals surface area contributed by atoms with Crippen LogP contribution in [0.1, 0.15) is 23.6 Å². The van der Waals surface area contributed by atoms with Gasteiger partial charge in [-0.15, -0.1) is 0 Å². The van der Waals surface area contributed by atoms with Crippen molar-refractivity contribution in [3.8, 4) is 17.2 Å². The molecule has 0 radical (unpaired) electrons. The van der Waals surface area contributed by atoms with Crippen LogP contribution in [0.2, 0.25) is 0 Å². The summed E-state index contributed by atoms with van der Waals surface area (Å²) in [5.41, 5.74) is 2.49. The van der Waals surface area contributed by atoms with Crippen LogP contribution in [0.3, 0.4) is 0 Å². The summed E-state index contributed by atoms with van der Waals surface area (Å²) < 4.78 is 45.2. The minimum Gasteiger partial charge on any atom is -0.494 e. The second-order valence-corrected chi connectivity index (χ2v) is 10.2. The van der Waals surface area contributed by atoms with Crippen LogP contribution in [-0.4, -0.2) is 47.7 Å². The fourth-order valence-corrected chi connectivity index (χ4v) is 5.17. The van der Waals surface area contributed by atoms with Gasteiger partial charge in [0, 0.05) is 6.54 Å². The highest BCUT2D eigenvalue weighted by Gasteiger charge is 2.26. The number of carbonyl (C=O) groups is 1. The van der Waals surface area contributed by atoms with Gasteiger partial charge in [-0.25, -0.2) is 8.42 Å².